The minimum Gasteiger partial charge on any atom is -0.480 e. The second kappa shape index (κ2) is 3.58. The number of nitrogens with one attached hydrogen (secondary N) is 1. The summed E-state index contributed by atoms with van der Waals surface area (Å²) in [6.07, 6.45) is -2.99. The van der Waals surface area contributed by atoms with Gasteiger partial charge in [-0.1, -0.05) is 0 Å². The average molecular weight is 160 g/mol. The number of carbonyl (C=O) groups is 1. The van der Waals surface area contributed by atoms with E-state index in [9.17, 15) is 13.6 Å². The lowest BCUT2D eigenvalue weighted by atomic mass is 10.3. The maximum absolute atomic E-state index is 11.4. The minimum atomic E-state index is -2.99. The van der Waals surface area contributed by atoms with Gasteiger partial charge in [0.05, 0.1) is 0 Å². The van der Waals surface area contributed by atoms with Crippen molar-refractivity contribution < 1.29 is 18.7 Å². The molecule has 0 bridgehead atoms. The summed E-state index contributed by atoms with van der Waals surface area (Å²) in [7, 11) is 0. The fraction of sp³-hybridized carbons (Fsp3) is 0.667. The van der Waals surface area contributed by atoms with E-state index in [4.69, 9.17) is 5.11 Å². The van der Waals surface area contributed by atoms with Crippen LogP contribution in [-0.2, 0) is 4.79 Å². The molecule has 9 heavy (non-hydrogen) atoms. The van der Waals surface area contributed by atoms with E-state index in [2.05, 4.69) is 11.8 Å². The minimum absolute atomic E-state index is 1.42. The van der Waals surface area contributed by atoms with Crippen LogP contribution in [0.15, 0.2) is 0 Å². The molecule has 0 aromatic heterocycles. The molecular weight excluding hydrogens is 155 g/mol. The van der Waals surface area contributed by atoms with Crippen LogP contribution < -0.4 is 4.84 Å². The topological polar surface area (TPSA) is 49.3 Å². The lowest BCUT2D eigenvalue weighted by molar-refractivity contribution is -0.142. The zero-order valence-electron chi connectivity index (χ0n) is 4.14. The Morgan fingerprint density at radius 2 is 2.11 bits per heavy atom. The Bertz CT molecular complexity index is 110. The van der Waals surface area contributed by atoms with Crippen LogP contribution in [0.4, 0.5) is 8.78 Å². The van der Waals surface area contributed by atoms with E-state index in [0.717, 1.165) is 0 Å². The van der Waals surface area contributed by atoms with Crippen molar-refractivity contribution in [2.24, 2.45) is 0 Å². The first-order valence-electron chi connectivity index (χ1n) is 1.96. The maximum Gasteiger partial charge on any atom is 0.327 e. The fourth-order valence-corrected chi connectivity index (χ4v) is 0.391. The van der Waals surface area contributed by atoms with Gasteiger partial charge in [0.15, 0.2) is 6.04 Å². The third kappa shape index (κ3) is 2.57. The van der Waals surface area contributed by atoms with Crippen molar-refractivity contribution >= 4 is 17.7 Å². The fourth-order valence-electron chi connectivity index (χ4n) is 0.202. The predicted molar refractivity (Wildman–Crippen MR) is 26.4 cm³/mol. The van der Waals surface area contributed by atoms with E-state index < -0.39 is 18.4 Å². The molecule has 0 rings (SSSR count). The smallest absolute Gasteiger partial charge is 0.327 e. The maximum atomic E-state index is 11.4. The summed E-state index contributed by atoms with van der Waals surface area (Å²) >= 11 is 4.65. The van der Waals surface area contributed by atoms with Gasteiger partial charge in [0.2, 0.25) is 0 Å². The molecule has 0 aromatic carbocycles. The second-order valence-electron chi connectivity index (χ2n) is 1.26. The van der Waals surface area contributed by atoms with Crippen LogP contribution in [0.25, 0.3) is 0 Å². The van der Waals surface area contributed by atoms with Gasteiger partial charge in [0.25, 0.3) is 6.43 Å². The number of alkyl halides is 2. The molecule has 0 aliphatic carbocycles. The van der Waals surface area contributed by atoms with Gasteiger partial charge >= 0.3 is 5.97 Å². The highest BCUT2D eigenvalue weighted by Gasteiger charge is 2.26. The Hall–Kier alpha value is -0.420. The molecule has 0 spiro atoms. The number of aliphatic carboxylic acids is 1. The van der Waals surface area contributed by atoms with Gasteiger partial charge in [-0.15, -0.1) is 0 Å². The van der Waals surface area contributed by atoms with Gasteiger partial charge in [0, 0.05) is 0 Å². The Morgan fingerprint density at radius 3 is 2.11 bits per heavy atom. The molecule has 54 valence electrons. The van der Waals surface area contributed by atoms with Crippen LogP contribution in [0.1, 0.15) is 0 Å². The summed E-state index contributed by atoms with van der Waals surface area (Å²) < 4.78 is 22.8. The molecule has 0 unspecified atom stereocenters. The molecule has 0 aliphatic rings. The predicted octanol–water partition coefficient (Wildman–Crippen LogP) is 0.448. The number of carboxylic acid groups (broad SMARTS) is 1. The zero-order chi connectivity index (χ0) is 7.44. The van der Waals surface area contributed by atoms with E-state index in [0.29, 0.717) is 0 Å². The van der Waals surface area contributed by atoms with E-state index in [1.165, 1.54) is 4.84 Å². The number of hydrogen-bond donors (Lipinski definition) is 2. The molecule has 0 saturated heterocycles. The molecule has 6 heteroatoms. The van der Waals surface area contributed by atoms with Crippen molar-refractivity contribution in [1.29, 1.82) is 0 Å². The number of rotatable bonds is 3. The van der Waals surface area contributed by atoms with Crippen molar-refractivity contribution in [2.75, 3.05) is 0 Å². The second-order valence-corrected chi connectivity index (χ2v) is 1.48. The van der Waals surface area contributed by atoms with Crippen LogP contribution >= 0.6 is 11.8 Å². The molecule has 2 N–H and O–H groups in total. The Morgan fingerprint density at radius 1 is 1.67 bits per heavy atom. The molecular formula is C3H4ClF2NO2. The van der Waals surface area contributed by atoms with Crippen LogP contribution in [-0.4, -0.2) is 23.5 Å². The van der Waals surface area contributed by atoms with Crippen LogP contribution in [0, 0.1) is 0 Å². The highest BCUT2D eigenvalue weighted by Crippen LogP contribution is 2.00. The first-order valence-corrected chi connectivity index (χ1v) is 2.34. The largest absolute Gasteiger partial charge is 0.480 e. The van der Waals surface area contributed by atoms with Gasteiger partial charge in [-0.25, -0.2) is 13.6 Å². The standard InChI is InChI=1S/C3H4ClF2NO2/c4-7-1(2(5)6)3(8)9/h1-2,7H,(H,8,9)/t1-/m0/s1. The number of halogens is 3. The molecule has 0 saturated carbocycles. The van der Waals surface area contributed by atoms with Gasteiger partial charge < -0.3 is 5.11 Å². The molecule has 0 heterocycles. The van der Waals surface area contributed by atoms with Crippen LogP contribution in [0.3, 0.4) is 0 Å². The molecule has 0 aliphatic heterocycles. The summed E-state index contributed by atoms with van der Waals surface area (Å²) in [5, 5.41) is 7.92. The lowest BCUT2D eigenvalue weighted by Gasteiger charge is -2.05. The number of carboxylic acids is 1. The SMILES string of the molecule is O=C(O)[C@@H](NCl)C(F)F. The van der Waals surface area contributed by atoms with Crippen molar-refractivity contribution in [2.45, 2.75) is 12.5 Å². The van der Waals surface area contributed by atoms with E-state index >= 15 is 0 Å². The molecule has 0 aromatic rings. The molecule has 3 nitrogen and oxygen atoms in total. The van der Waals surface area contributed by atoms with Gasteiger partial charge in [-0.05, 0) is 11.8 Å². The summed E-state index contributed by atoms with van der Waals surface area (Å²) in [6, 6.07) is -1.98. The molecule has 1 atom stereocenters. The number of hydrogen-bond acceptors (Lipinski definition) is 2. The van der Waals surface area contributed by atoms with Crippen molar-refractivity contribution in [3.05, 3.63) is 0 Å². The highest BCUT2D eigenvalue weighted by molar-refractivity contribution is 6.14. The monoisotopic (exact) mass is 159 g/mol. The lowest BCUT2D eigenvalue weighted by Crippen LogP contribution is -2.37. The normalized spacial score (nSPS) is 13.8. The summed E-state index contributed by atoms with van der Waals surface area (Å²) in [6.45, 7) is 0. The van der Waals surface area contributed by atoms with Gasteiger partial charge in [0.1, 0.15) is 0 Å². The zero-order valence-corrected chi connectivity index (χ0v) is 4.90. The third-order valence-electron chi connectivity index (χ3n) is 0.636. The first-order chi connectivity index (χ1) is 4.09. The Labute approximate surface area is 54.7 Å². The van der Waals surface area contributed by atoms with E-state index in [1.807, 2.05) is 0 Å². The first kappa shape index (κ1) is 8.58. The average Bonchev–Trinajstić information content (AvgIpc) is 1.64. The Kier molecular flexibility index (Phi) is 3.41. The van der Waals surface area contributed by atoms with Crippen molar-refractivity contribution in [3.8, 4) is 0 Å². The summed E-state index contributed by atoms with van der Waals surface area (Å²) in [5.74, 6) is -1.67. The molecule has 0 radical (unpaired) electrons. The Balaban J connectivity index is 3.83. The third-order valence-corrected chi connectivity index (χ3v) is 0.871. The van der Waals surface area contributed by atoms with E-state index in [1.54, 1.807) is 0 Å². The highest BCUT2D eigenvalue weighted by atomic mass is 35.5. The van der Waals surface area contributed by atoms with Crippen LogP contribution in [0.5, 0.6) is 0 Å². The quantitative estimate of drug-likeness (QED) is 0.588. The van der Waals surface area contributed by atoms with Crippen LogP contribution in [0.2, 0.25) is 0 Å². The van der Waals surface area contributed by atoms with Crippen molar-refractivity contribution in [3.63, 3.8) is 0 Å². The summed E-state index contributed by atoms with van der Waals surface area (Å²) in [4.78, 5) is 11.2. The summed E-state index contributed by atoms with van der Waals surface area (Å²) in [5.41, 5.74) is 0. The van der Waals surface area contributed by atoms with Gasteiger partial charge in [-0.2, -0.15) is 0 Å². The molecule has 0 fully saturated rings. The molecule has 0 amide bonds. The van der Waals surface area contributed by atoms with E-state index in [-0.39, 0.29) is 0 Å². The van der Waals surface area contributed by atoms with Crippen molar-refractivity contribution in [1.82, 2.24) is 4.84 Å². The van der Waals surface area contributed by atoms with Gasteiger partial charge in [-0.3, -0.25) is 4.79 Å².